The number of hydrogen-bond acceptors (Lipinski definition) is 5. The predicted molar refractivity (Wildman–Crippen MR) is 124 cm³/mol. The molecule has 0 aliphatic heterocycles. The van der Waals surface area contributed by atoms with E-state index in [1.165, 1.54) is 6.21 Å². The third kappa shape index (κ3) is 6.55. The van der Waals surface area contributed by atoms with E-state index in [9.17, 15) is 9.59 Å². The maximum absolute atomic E-state index is 12.2. The number of nitrogens with zero attached hydrogens (tertiary/aromatic N) is 1. The van der Waals surface area contributed by atoms with Crippen LogP contribution in [0.25, 0.3) is 0 Å². The van der Waals surface area contributed by atoms with Crippen molar-refractivity contribution in [2.75, 3.05) is 6.61 Å². The fourth-order valence-electron chi connectivity index (χ4n) is 2.73. The highest BCUT2D eigenvalue weighted by Crippen LogP contribution is 2.19. The number of carbonyl (C=O) groups is 2. The zero-order valence-electron chi connectivity index (χ0n) is 17.2. The number of esters is 1. The Hall–Kier alpha value is -3.90. The van der Waals surface area contributed by atoms with Crippen molar-refractivity contribution in [3.8, 4) is 11.5 Å². The summed E-state index contributed by atoms with van der Waals surface area (Å²) in [7, 11) is 0. The Bertz CT molecular complexity index is 1130. The first-order chi connectivity index (χ1) is 15.6. The lowest BCUT2D eigenvalue weighted by Gasteiger charge is -2.09. The minimum Gasteiger partial charge on any atom is -0.483 e. The SMILES string of the molecule is C=CCc1ccccc1OCC(=O)N/N=C\c1ccc(OC(=O)c2ccccc2Cl)cc1. The highest BCUT2D eigenvalue weighted by molar-refractivity contribution is 6.33. The topological polar surface area (TPSA) is 77.0 Å². The molecule has 0 saturated carbocycles. The fraction of sp³-hybridized carbons (Fsp3) is 0.0800. The van der Waals surface area contributed by atoms with Crippen LogP contribution in [0, 0.1) is 0 Å². The van der Waals surface area contributed by atoms with E-state index in [0.29, 0.717) is 28.5 Å². The minimum absolute atomic E-state index is 0.164. The van der Waals surface area contributed by atoms with Crippen molar-refractivity contribution in [2.45, 2.75) is 6.42 Å². The van der Waals surface area contributed by atoms with Crippen LogP contribution < -0.4 is 14.9 Å². The molecule has 0 aliphatic rings. The smallest absolute Gasteiger partial charge is 0.345 e. The zero-order chi connectivity index (χ0) is 22.8. The molecule has 0 fully saturated rings. The number of halogens is 1. The monoisotopic (exact) mass is 448 g/mol. The number of ether oxygens (including phenoxy) is 2. The normalized spacial score (nSPS) is 10.5. The lowest BCUT2D eigenvalue weighted by molar-refractivity contribution is -0.123. The van der Waals surface area contributed by atoms with E-state index >= 15 is 0 Å². The summed E-state index contributed by atoms with van der Waals surface area (Å²) in [5.74, 6) is 0.0649. The van der Waals surface area contributed by atoms with Gasteiger partial charge in [-0.2, -0.15) is 5.10 Å². The van der Waals surface area contributed by atoms with Crippen molar-refractivity contribution < 1.29 is 19.1 Å². The van der Waals surface area contributed by atoms with Gasteiger partial charge in [-0.3, -0.25) is 4.79 Å². The molecule has 3 aromatic rings. The molecule has 7 heteroatoms. The Kier molecular flexibility index (Phi) is 8.17. The first-order valence-electron chi connectivity index (χ1n) is 9.77. The zero-order valence-corrected chi connectivity index (χ0v) is 17.9. The molecule has 6 nitrogen and oxygen atoms in total. The average molecular weight is 449 g/mol. The van der Waals surface area contributed by atoms with Crippen LogP contribution in [-0.4, -0.2) is 24.7 Å². The standard InChI is InChI=1S/C25H21ClN2O4/c1-2-7-19-8-3-6-11-23(19)31-17-24(29)28-27-16-18-12-14-20(15-13-18)32-25(30)21-9-4-5-10-22(21)26/h2-6,8-16H,1,7,17H2,(H,28,29)/b27-16-. The van der Waals surface area contributed by atoms with Crippen LogP contribution in [-0.2, 0) is 11.2 Å². The molecule has 0 atom stereocenters. The van der Waals surface area contributed by atoms with Gasteiger partial charge in [0.25, 0.3) is 5.91 Å². The maximum atomic E-state index is 12.2. The van der Waals surface area contributed by atoms with Crippen LogP contribution in [0.2, 0.25) is 5.02 Å². The van der Waals surface area contributed by atoms with E-state index in [2.05, 4.69) is 17.1 Å². The Morgan fingerprint density at radius 1 is 1.00 bits per heavy atom. The number of benzene rings is 3. The van der Waals surface area contributed by atoms with Crippen molar-refractivity contribution in [3.05, 3.63) is 107 Å². The molecule has 0 radical (unpaired) electrons. The molecule has 3 rings (SSSR count). The van der Waals surface area contributed by atoms with E-state index < -0.39 is 5.97 Å². The van der Waals surface area contributed by atoms with Gasteiger partial charge >= 0.3 is 5.97 Å². The van der Waals surface area contributed by atoms with Gasteiger partial charge < -0.3 is 9.47 Å². The van der Waals surface area contributed by atoms with Gasteiger partial charge in [-0.1, -0.05) is 48.0 Å². The van der Waals surface area contributed by atoms with Gasteiger partial charge in [-0.15, -0.1) is 6.58 Å². The molecular formula is C25H21ClN2O4. The largest absolute Gasteiger partial charge is 0.483 e. The van der Waals surface area contributed by atoms with Crippen LogP contribution >= 0.6 is 11.6 Å². The number of hydrogen-bond donors (Lipinski definition) is 1. The van der Waals surface area contributed by atoms with E-state index in [1.54, 1.807) is 60.7 Å². The minimum atomic E-state index is -0.543. The molecule has 0 unspecified atom stereocenters. The van der Waals surface area contributed by atoms with Gasteiger partial charge in [-0.05, 0) is 60.0 Å². The van der Waals surface area contributed by atoms with Gasteiger partial charge in [0.1, 0.15) is 11.5 Å². The Labute approximate surface area is 191 Å². The first kappa shape index (κ1) is 22.8. The molecule has 162 valence electrons. The molecule has 0 heterocycles. The Morgan fingerprint density at radius 3 is 2.47 bits per heavy atom. The second kappa shape index (κ2) is 11.5. The van der Waals surface area contributed by atoms with Gasteiger partial charge in [0.15, 0.2) is 6.61 Å². The quantitative estimate of drug-likeness (QED) is 0.167. The summed E-state index contributed by atoms with van der Waals surface area (Å²) in [5.41, 5.74) is 4.36. The summed E-state index contributed by atoms with van der Waals surface area (Å²) in [6.45, 7) is 3.55. The number of amides is 1. The molecule has 0 bridgehead atoms. The summed E-state index contributed by atoms with van der Waals surface area (Å²) >= 11 is 6.01. The van der Waals surface area contributed by atoms with E-state index in [0.717, 1.165) is 5.56 Å². The molecule has 0 saturated heterocycles. The third-order valence-electron chi connectivity index (χ3n) is 4.28. The van der Waals surface area contributed by atoms with Crippen LogP contribution in [0.3, 0.4) is 0 Å². The average Bonchev–Trinajstić information content (AvgIpc) is 2.80. The summed E-state index contributed by atoms with van der Waals surface area (Å²) in [6.07, 6.45) is 3.90. The number of rotatable bonds is 9. The second-order valence-corrected chi connectivity index (χ2v) is 7.03. The first-order valence-corrected chi connectivity index (χ1v) is 10.1. The number of allylic oxidation sites excluding steroid dienone is 1. The maximum Gasteiger partial charge on any atom is 0.345 e. The summed E-state index contributed by atoms with van der Waals surface area (Å²) in [5, 5.41) is 4.24. The van der Waals surface area contributed by atoms with Gasteiger partial charge in [-0.25, -0.2) is 10.2 Å². The molecule has 32 heavy (non-hydrogen) atoms. The lowest BCUT2D eigenvalue weighted by atomic mass is 10.1. The van der Waals surface area contributed by atoms with E-state index in [4.69, 9.17) is 21.1 Å². The Morgan fingerprint density at radius 2 is 1.72 bits per heavy atom. The van der Waals surface area contributed by atoms with Crippen molar-refractivity contribution >= 4 is 29.7 Å². The number of carbonyl (C=O) groups excluding carboxylic acids is 2. The highest BCUT2D eigenvalue weighted by atomic mass is 35.5. The van der Waals surface area contributed by atoms with Crippen LogP contribution in [0.5, 0.6) is 11.5 Å². The summed E-state index contributed by atoms with van der Waals surface area (Å²) in [6, 6.07) is 20.8. The summed E-state index contributed by atoms with van der Waals surface area (Å²) in [4.78, 5) is 24.2. The molecule has 1 N–H and O–H groups in total. The van der Waals surface area contributed by atoms with Crippen molar-refractivity contribution in [1.29, 1.82) is 0 Å². The van der Waals surface area contributed by atoms with Gasteiger partial charge in [0.05, 0.1) is 16.8 Å². The van der Waals surface area contributed by atoms with Crippen LogP contribution in [0.4, 0.5) is 0 Å². The number of para-hydroxylation sites is 1. The van der Waals surface area contributed by atoms with Crippen LogP contribution in [0.1, 0.15) is 21.5 Å². The summed E-state index contributed by atoms with van der Waals surface area (Å²) < 4.78 is 10.9. The third-order valence-corrected chi connectivity index (χ3v) is 4.61. The van der Waals surface area contributed by atoms with Gasteiger partial charge in [0.2, 0.25) is 0 Å². The van der Waals surface area contributed by atoms with E-state index in [-0.39, 0.29) is 18.1 Å². The molecule has 0 aromatic heterocycles. The highest BCUT2D eigenvalue weighted by Gasteiger charge is 2.12. The van der Waals surface area contributed by atoms with E-state index in [1.807, 2.05) is 18.2 Å². The van der Waals surface area contributed by atoms with Crippen molar-refractivity contribution in [1.82, 2.24) is 5.43 Å². The number of nitrogens with one attached hydrogen (secondary N) is 1. The lowest BCUT2D eigenvalue weighted by Crippen LogP contribution is -2.24. The van der Waals surface area contributed by atoms with Crippen molar-refractivity contribution in [3.63, 3.8) is 0 Å². The van der Waals surface area contributed by atoms with Gasteiger partial charge in [0, 0.05) is 0 Å². The number of hydrazone groups is 1. The fourth-order valence-corrected chi connectivity index (χ4v) is 2.95. The predicted octanol–water partition coefficient (Wildman–Crippen LogP) is 4.82. The molecule has 3 aromatic carbocycles. The molecule has 1 amide bonds. The van der Waals surface area contributed by atoms with Crippen molar-refractivity contribution in [2.24, 2.45) is 5.10 Å². The molecule has 0 spiro atoms. The van der Waals surface area contributed by atoms with Crippen LogP contribution in [0.15, 0.2) is 90.6 Å². The Balaban J connectivity index is 1.48. The molecule has 0 aliphatic carbocycles. The second-order valence-electron chi connectivity index (χ2n) is 6.62. The molecular weight excluding hydrogens is 428 g/mol.